The van der Waals surface area contributed by atoms with Gasteiger partial charge in [-0.15, -0.1) is 0 Å². The van der Waals surface area contributed by atoms with Gasteiger partial charge < -0.3 is 9.64 Å². The number of hydrogen-bond donors (Lipinski definition) is 0. The number of ether oxygens (including phenoxy) is 1. The van der Waals surface area contributed by atoms with Gasteiger partial charge in [-0.1, -0.05) is 0 Å². The molecule has 1 aliphatic carbocycles. The Morgan fingerprint density at radius 3 is 2.42 bits per heavy atom. The minimum absolute atomic E-state index is 0.0925. The summed E-state index contributed by atoms with van der Waals surface area (Å²) in [7, 11) is 0. The lowest BCUT2D eigenvalue weighted by molar-refractivity contribution is -0.385. The zero-order chi connectivity index (χ0) is 17.5. The highest BCUT2D eigenvalue weighted by Gasteiger charge is 2.36. The normalized spacial score (nSPS) is 19.4. The van der Waals surface area contributed by atoms with Crippen molar-refractivity contribution >= 4 is 11.8 Å². The number of nitrogens with zero attached hydrogens (tertiary/aromatic N) is 4. The number of carbonyl (C=O) groups is 1. The van der Waals surface area contributed by atoms with Crippen molar-refractivity contribution in [3.8, 4) is 0 Å². The second kappa shape index (κ2) is 6.07. The van der Waals surface area contributed by atoms with E-state index in [2.05, 4.69) is 5.10 Å². The zero-order valence-corrected chi connectivity index (χ0v) is 14.4. The van der Waals surface area contributed by atoms with Crippen LogP contribution in [0.3, 0.4) is 0 Å². The van der Waals surface area contributed by atoms with Crippen LogP contribution in [-0.2, 0) is 4.74 Å². The third-order valence-corrected chi connectivity index (χ3v) is 4.39. The average molecular weight is 336 g/mol. The van der Waals surface area contributed by atoms with Crippen molar-refractivity contribution in [2.45, 2.75) is 64.0 Å². The summed E-state index contributed by atoms with van der Waals surface area (Å²) in [6.45, 7) is 6.69. The van der Waals surface area contributed by atoms with Gasteiger partial charge in [-0.25, -0.2) is 4.79 Å². The Morgan fingerprint density at radius 1 is 1.29 bits per heavy atom. The molecule has 1 saturated carbocycles. The number of rotatable bonds is 3. The Hall–Kier alpha value is -2.12. The van der Waals surface area contributed by atoms with Crippen LogP contribution in [0, 0.1) is 10.1 Å². The summed E-state index contributed by atoms with van der Waals surface area (Å²) in [5.74, 6) is 0.244. The monoisotopic (exact) mass is 336 g/mol. The van der Waals surface area contributed by atoms with Crippen molar-refractivity contribution in [2.24, 2.45) is 0 Å². The first-order chi connectivity index (χ1) is 11.2. The Balaban J connectivity index is 1.64. The number of hydrogen-bond acceptors (Lipinski definition) is 5. The molecule has 8 nitrogen and oxygen atoms in total. The van der Waals surface area contributed by atoms with Gasteiger partial charge in [-0.2, -0.15) is 5.10 Å². The third kappa shape index (κ3) is 3.68. The molecule has 0 bridgehead atoms. The number of likely N-dealkylation sites (tertiary alicyclic amines) is 1. The van der Waals surface area contributed by atoms with Crippen LogP contribution in [0.4, 0.5) is 10.5 Å². The molecule has 132 valence electrons. The maximum absolute atomic E-state index is 12.1. The minimum atomic E-state index is -0.504. The molecule has 0 atom stereocenters. The van der Waals surface area contributed by atoms with E-state index < -0.39 is 5.60 Å². The lowest BCUT2D eigenvalue weighted by Crippen LogP contribution is -2.42. The van der Waals surface area contributed by atoms with E-state index in [4.69, 9.17) is 4.74 Å². The third-order valence-electron chi connectivity index (χ3n) is 4.39. The molecule has 0 spiro atoms. The molecular weight excluding hydrogens is 312 g/mol. The van der Waals surface area contributed by atoms with E-state index in [0.717, 1.165) is 25.7 Å². The summed E-state index contributed by atoms with van der Waals surface area (Å²) in [4.78, 5) is 24.7. The van der Waals surface area contributed by atoms with Crippen molar-refractivity contribution in [2.75, 3.05) is 13.1 Å². The van der Waals surface area contributed by atoms with Crippen LogP contribution >= 0.6 is 0 Å². The van der Waals surface area contributed by atoms with Crippen LogP contribution in [0.15, 0.2) is 6.20 Å². The topological polar surface area (TPSA) is 90.5 Å². The lowest BCUT2D eigenvalue weighted by Gasteiger charge is -2.33. The van der Waals surface area contributed by atoms with Crippen molar-refractivity contribution in [3.63, 3.8) is 0 Å². The van der Waals surface area contributed by atoms with Crippen LogP contribution in [0.5, 0.6) is 0 Å². The number of carbonyl (C=O) groups excluding carboxylic acids is 1. The Kier molecular flexibility index (Phi) is 4.23. The SMILES string of the molecule is CC(C)(C)OC(=O)N1CCC(n2cc([N+](=O)[O-])c(C3CC3)n2)CC1. The molecular formula is C16H24N4O4. The quantitative estimate of drug-likeness (QED) is 0.624. The predicted molar refractivity (Wildman–Crippen MR) is 86.9 cm³/mol. The van der Waals surface area contributed by atoms with Gasteiger partial charge in [0.05, 0.1) is 11.0 Å². The molecule has 24 heavy (non-hydrogen) atoms. The van der Waals surface area contributed by atoms with Crippen molar-refractivity contribution < 1.29 is 14.5 Å². The fraction of sp³-hybridized carbons (Fsp3) is 0.750. The molecule has 2 aliphatic rings. The van der Waals surface area contributed by atoms with Crippen molar-refractivity contribution in [1.82, 2.24) is 14.7 Å². The van der Waals surface area contributed by atoms with Crippen LogP contribution in [0.25, 0.3) is 0 Å². The number of aromatic nitrogens is 2. The fourth-order valence-electron chi connectivity index (χ4n) is 3.01. The van der Waals surface area contributed by atoms with Gasteiger partial charge in [0, 0.05) is 19.0 Å². The van der Waals surface area contributed by atoms with Gasteiger partial charge in [0.15, 0.2) is 0 Å². The Labute approximate surface area is 140 Å². The van der Waals surface area contributed by atoms with Crippen molar-refractivity contribution in [1.29, 1.82) is 0 Å². The van der Waals surface area contributed by atoms with Crippen LogP contribution in [0.1, 0.15) is 64.1 Å². The number of nitro groups is 1. The summed E-state index contributed by atoms with van der Waals surface area (Å²) in [5.41, 5.74) is 0.247. The van der Waals surface area contributed by atoms with Gasteiger partial charge in [-0.05, 0) is 46.5 Å². The number of piperidine rings is 1. The first-order valence-electron chi connectivity index (χ1n) is 8.46. The summed E-state index contributed by atoms with van der Waals surface area (Å²) < 4.78 is 7.12. The van der Waals surface area contributed by atoms with Gasteiger partial charge in [0.2, 0.25) is 0 Å². The second-order valence-corrected chi connectivity index (χ2v) is 7.61. The standard InChI is InChI=1S/C16H24N4O4/c1-16(2,3)24-15(21)18-8-6-12(7-9-18)19-10-13(20(22)23)14(17-19)11-4-5-11/h10-12H,4-9H2,1-3H3. The molecule has 1 aromatic rings. The molecule has 8 heteroatoms. The zero-order valence-electron chi connectivity index (χ0n) is 14.4. The largest absolute Gasteiger partial charge is 0.444 e. The van der Waals surface area contributed by atoms with E-state index in [0.29, 0.717) is 18.8 Å². The van der Waals surface area contributed by atoms with Crippen LogP contribution in [0.2, 0.25) is 0 Å². The van der Waals surface area contributed by atoms with Crippen molar-refractivity contribution in [3.05, 3.63) is 22.0 Å². The van der Waals surface area contributed by atoms with E-state index in [1.165, 1.54) is 0 Å². The molecule has 0 unspecified atom stereocenters. The summed E-state index contributed by atoms with van der Waals surface area (Å²) in [5, 5.41) is 15.7. The fourth-order valence-corrected chi connectivity index (χ4v) is 3.01. The molecule has 0 radical (unpaired) electrons. The molecule has 1 aromatic heterocycles. The summed E-state index contributed by atoms with van der Waals surface area (Å²) in [6.07, 6.45) is 4.67. The minimum Gasteiger partial charge on any atom is -0.444 e. The highest BCUT2D eigenvalue weighted by atomic mass is 16.6. The second-order valence-electron chi connectivity index (χ2n) is 7.61. The summed E-state index contributed by atoms with van der Waals surface area (Å²) >= 11 is 0. The molecule has 0 aromatic carbocycles. The Morgan fingerprint density at radius 2 is 1.92 bits per heavy atom. The highest BCUT2D eigenvalue weighted by Crippen LogP contribution is 2.43. The maximum atomic E-state index is 12.1. The first-order valence-corrected chi connectivity index (χ1v) is 8.46. The summed E-state index contributed by atoms with van der Waals surface area (Å²) in [6, 6.07) is 0.0925. The molecule has 2 heterocycles. The lowest BCUT2D eigenvalue weighted by atomic mass is 10.1. The van der Waals surface area contributed by atoms with E-state index in [9.17, 15) is 14.9 Å². The van der Waals surface area contributed by atoms with E-state index >= 15 is 0 Å². The average Bonchev–Trinajstić information content (AvgIpc) is 3.24. The molecule has 1 amide bonds. The number of amides is 1. The first kappa shape index (κ1) is 16.7. The Bertz CT molecular complexity index is 637. The highest BCUT2D eigenvalue weighted by molar-refractivity contribution is 5.68. The molecule has 1 saturated heterocycles. The predicted octanol–water partition coefficient (Wildman–Crippen LogP) is 3.24. The smallest absolute Gasteiger partial charge is 0.410 e. The van der Waals surface area contributed by atoms with E-state index in [1.807, 2.05) is 20.8 Å². The van der Waals surface area contributed by atoms with Crippen LogP contribution < -0.4 is 0 Å². The molecule has 2 fully saturated rings. The molecule has 1 aliphatic heterocycles. The molecule has 3 rings (SSSR count). The van der Waals surface area contributed by atoms with E-state index in [-0.39, 0.29) is 28.7 Å². The van der Waals surface area contributed by atoms with Gasteiger partial charge >= 0.3 is 11.8 Å². The van der Waals surface area contributed by atoms with Crippen LogP contribution in [-0.4, -0.2) is 44.4 Å². The van der Waals surface area contributed by atoms with Gasteiger partial charge in [0.1, 0.15) is 17.5 Å². The van der Waals surface area contributed by atoms with E-state index in [1.54, 1.807) is 15.8 Å². The van der Waals surface area contributed by atoms with Gasteiger partial charge in [-0.3, -0.25) is 14.8 Å². The molecule has 0 N–H and O–H groups in total. The maximum Gasteiger partial charge on any atom is 0.410 e. The van der Waals surface area contributed by atoms with Gasteiger partial charge in [0.25, 0.3) is 0 Å².